The number of benzene rings is 2. The molecule has 22 nitrogen and oxygen atoms in total. The van der Waals surface area contributed by atoms with Gasteiger partial charge in [-0.3, -0.25) is 65.6 Å². The second-order valence-electron chi connectivity index (χ2n) is 10.3. The molecular formula is C23H26N8O14. The fraction of sp³-hybridized carbons (Fsp3) is 0.478. The predicted octanol–water partition coefficient (Wildman–Crippen LogP) is 3.31. The maximum Gasteiger partial charge on any atom is 0.324 e. The van der Waals surface area contributed by atoms with E-state index in [1.807, 2.05) is 0 Å². The van der Waals surface area contributed by atoms with Gasteiger partial charge in [0.2, 0.25) is 0 Å². The third-order valence-corrected chi connectivity index (χ3v) is 7.49. The van der Waals surface area contributed by atoms with Crippen LogP contribution in [0.5, 0.6) is 11.5 Å². The first kappa shape index (κ1) is 33.9. The van der Waals surface area contributed by atoms with E-state index in [1.165, 1.54) is 51.9 Å². The molecule has 3 N–H and O–H groups in total. The minimum atomic E-state index is -1.21. The van der Waals surface area contributed by atoms with Crippen molar-refractivity contribution in [2.45, 2.75) is 31.7 Å². The van der Waals surface area contributed by atoms with Gasteiger partial charge in [0.25, 0.3) is 22.9 Å². The minimum absolute atomic E-state index is 0.447. The fourth-order valence-electron chi connectivity index (χ4n) is 5.56. The number of fused-ring (bicyclic) bond motifs is 4. The van der Waals surface area contributed by atoms with E-state index in [-0.39, 0.29) is 0 Å². The number of nitrogens with zero attached hydrogens (tertiary/aromatic N) is 7. The molecule has 0 spiro atoms. The molecule has 242 valence electrons. The lowest BCUT2D eigenvalue weighted by molar-refractivity contribution is -0.404. The third kappa shape index (κ3) is 8.05. The van der Waals surface area contributed by atoms with Crippen molar-refractivity contribution < 1.29 is 39.8 Å². The maximum atomic E-state index is 10.4. The Hall–Kier alpha value is -5.64. The topological polar surface area (TPSA) is 315 Å². The first-order chi connectivity index (χ1) is 21.1. The van der Waals surface area contributed by atoms with E-state index in [0.29, 0.717) is 24.3 Å². The third-order valence-electron chi connectivity index (χ3n) is 7.49. The second kappa shape index (κ2) is 14.2. The Labute approximate surface area is 250 Å². The first-order valence-corrected chi connectivity index (χ1v) is 13.2. The van der Waals surface area contributed by atoms with Crippen LogP contribution in [0.25, 0.3) is 0 Å². The number of aromatic hydroxyl groups is 2. The van der Waals surface area contributed by atoms with Crippen LogP contribution in [0.1, 0.15) is 25.7 Å². The van der Waals surface area contributed by atoms with Crippen molar-refractivity contribution >= 4 is 34.1 Å². The summed E-state index contributed by atoms with van der Waals surface area (Å²) < 4.78 is 0. The van der Waals surface area contributed by atoms with Gasteiger partial charge in [-0.05, 0) is 50.7 Å². The molecule has 0 aromatic heterocycles. The van der Waals surface area contributed by atoms with Crippen LogP contribution in [0.4, 0.5) is 34.1 Å². The summed E-state index contributed by atoms with van der Waals surface area (Å²) in [4.78, 5) is 58.3. The van der Waals surface area contributed by atoms with E-state index in [9.17, 15) is 60.7 Å². The first-order valence-electron chi connectivity index (χ1n) is 13.2. The summed E-state index contributed by atoms with van der Waals surface area (Å²) >= 11 is 0. The van der Waals surface area contributed by atoms with Crippen molar-refractivity contribution in [3.63, 3.8) is 0 Å². The second-order valence-corrected chi connectivity index (χ2v) is 10.3. The van der Waals surface area contributed by atoms with Gasteiger partial charge in [-0.25, -0.2) is 0 Å². The molecule has 3 aliphatic rings. The van der Waals surface area contributed by atoms with Crippen LogP contribution in [0, 0.1) is 72.5 Å². The van der Waals surface area contributed by atoms with Crippen LogP contribution in [0.15, 0.2) is 24.3 Å². The number of piperidine rings is 3. The number of hydrogen-bond acceptors (Lipinski definition) is 16. The number of nitro benzene ring substituents is 6. The van der Waals surface area contributed by atoms with Gasteiger partial charge in [0.15, 0.2) is 0 Å². The summed E-state index contributed by atoms with van der Waals surface area (Å²) in [7, 11) is 0. The van der Waals surface area contributed by atoms with Crippen LogP contribution < -0.4 is 5.32 Å². The van der Waals surface area contributed by atoms with Gasteiger partial charge in [0.1, 0.15) is 0 Å². The van der Waals surface area contributed by atoms with Crippen LogP contribution in [0.2, 0.25) is 0 Å². The van der Waals surface area contributed by atoms with E-state index >= 15 is 0 Å². The Bertz CT molecular complexity index is 1370. The highest BCUT2D eigenvalue weighted by molar-refractivity contribution is 5.65. The lowest BCUT2D eigenvalue weighted by atomic mass is 9.77. The largest absolute Gasteiger partial charge is 0.497 e. The van der Waals surface area contributed by atoms with E-state index in [1.54, 1.807) is 0 Å². The molecule has 3 heterocycles. The van der Waals surface area contributed by atoms with Crippen molar-refractivity contribution in [1.82, 2.24) is 10.2 Å². The highest BCUT2D eigenvalue weighted by Gasteiger charge is 2.39. The number of nitro groups is 6. The van der Waals surface area contributed by atoms with Crippen LogP contribution in [-0.4, -0.2) is 76.9 Å². The summed E-state index contributed by atoms with van der Waals surface area (Å²) in [5, 5.41) is 84.0. The molecule has 2 aromatic rings. The zero-order chi connectivity index (χ0) is 33.6. The summed E-state index contributed by atoms with van der Waals surface area (Å²) in [6.45, 7) is 5.34. The molecule has 22 heteroatoms. The van der Waals surface area contributed by atoms with E-state index in [2.05, 4.69) is 10.2 Å². The van der Waals surface area contributed by atoms with Gasteiger partial charge in [-0.15, -0.1) is 0 Å². The summed E-state index contributed by atoms with van der Waals surface area (Å²) in [6.07, 6.45) is 5.90. The van der Waals surface area contributed by atoms with E-state index in [0.717, 1.165) is 17.9 Å². The van der Waals surface area contributed by atoms with Gasteiger partial charge in [-0.2, -0.15) is 0 Å². The van der Waals surface area contributed by atoms with Gasteiger partial charge in [-0.1, -0.05) is 6.42 Å². The standard InChI is InChI=1S/C11H20N2.2C6H3N3O7/c1-2-4-13-8-9-5-10(7-12-6-9)11(13)3-1;2*10-6-4(8(13)14)1-3(7(11)12)2-5(6)9(15)16/h9-12H,1-8H2;2*1-2,10H. The summed E-state index contributed by atoms with van der Waals surface area (Å²) in [6, 6.07) is 2.73. The molecule has 45 heavy (non-hydrogen) atoms. The molecule has 5 rings (SSSR count). The van der Waals surface area contributed by atoms with Crippen LogP contribution in [0.3, 0.4) is 0 Å². The molecule has 2 bridgehead atoms. The number of nitrogens with one attached hydrogen (secondary N) is 1. The maximum absolute atomic E-state index is 10.4. The van der Waals surface area contributed by atoms with Crippen molar-refractivity contribution in [2.24, 2.45) is 11.8 Å². The molecule has 0 aliphatic carbocycles. The zero-order valence-corrected chi connectivity index (χ0v) is 23.1. The Balaban J connectivity index is 0.000000185. The van der Waals surface area contributed by atoms with Gasteiger partial charge in [0.05, 0.1) is 53.8 Å². The number of hydrogen-bond donors (Lipinski definition) is 3. The number of phenolic OH excluding ortho intramolecular Hbond substituents is 2. The quantitative estimate of drug-likeness (QED) is 0.301. The predicted molar refractivity (Wildman–Crippen MR) is 150 cm³/mol. The van der Waals surface area contributed by atoms with Crippen LogP contribution >= 0.6 is 0 Å². The molecular weight excluding hydrogens is 612 g/mol. The van der Waals surface area contributed by atoms with Crippen molar-refractivity contribution in [1.29, 1.82) is 0 Å². The number of rotatable bonds is 6. The SMILES string of the molecule is C1CCN2CC3CNCC(C3)C2C1.O=[N+]([O-])c1cc([N+](=O)[O-])c(O)c([N+](=O)[O-])c1.O=[N+]([O-])c1cc([N+](=O)[O-])c(O)c([N+](=O)[O-])c1. The lowest BCUT2D eigenvalue weighted by Crippen LogP contribution is -2.58. The van der Waals surface area contributed by atoms with Gasteiger partial charge >= 0.3 is 22.7 Å². The fourth-order valence-corrected chi connectivity index (χ4v) is 5.56. The molecule has 0 amide bonds. The summed E-state index contributed by atoms with van der Waals surface area (Å²) in [5.74, 6) is -0.470. The van der Waals surface area contributed by atoms with Crippen molar-refractivity contribution in [2.75, 3.05) is 26.2 Å². The Morgan fingerprint density at radius 3 is 1.44 bits per heavy atom. The smallest absolute Gasteiger partial charge is 0.324 e. The van der Waals surface area contributed by atoms with E-state index < -0.39 is 75.2 Å². The van der Waals surface area contributed by atoms with Crippen molar-refractivity contribution in [3.05, 3.63) is 85.0 Å². The summed E-state index contributed by atoms with van der Waals surface area (Å²) in [5.41, 5.74) is -6.00. The molecule has 0 radical (unpaired) electrons. The van der Waals surface area contributed by atoms with Crippen LogP contribution in [-0.2, 0) is 0 Å². The number of phenols is 2. The zero-order valence-electron chi connectivity index (χ0n) is 23.1. The minimum Gasteiger partial charge on any atom is -0.497 e. The Morgan fingerprint density at radius 2 is 1.07 bits per heavy atom. The van der Waals surface area contributed by atoms with Gasteiger partial charge < -0.3 is 15.5 Å². The van der Waals surface area contributed by atoms with Crippen molar-refractivity contribution in [3.8, 4) is 11.5 Å². The molecule has 3 saturated heterocycles. The highest BCUT2D eigenvalue weighted by Crippen LogP contribution is 2.40. The number of non-ortho nitro benzene ring substituents is 2. The molecule has 3 unspecified atom stereocenters. The Kier molecular flexibility index (Phi) is 10.7. The molecule has 3 aliphatic heterocycles. The molecule has 0 saturated carbocycles. The normalized spacial score (nSPS) is 20.1. The molecule has 3 atom stereocenters. The molecule has 3 fully saturated rings. The van der Waals surface area contributed by atoms with E-state index in [4.69, 9.17) is 10.2 Å². The average Bonchev–Trinajstić information content (AvgIpc) is 2.97. The van der Waals surface area contributed by atoms with Gasteiger partial charge in [0, 0.05) is 12.6 Å². The lowest BCUT2D eigenvalue weighted by Gasteiger charge is -2.50. The Morgan fingerprint density at radius 1 is 0.644 bits per heavy atom. The highest BCUT2D eigenvalue weighted by atomic mass is 16.7. The molecule has 2 aromatic carbocycles. The average molecular weight is 639 g/mol. The monoisotopic (exact) mass is 638 g/mol.